The second-order valence-electron chi connectivity index (χ2n) is 16.0. The van der Waals surface area contributed by atoms with Crippen LogP contribution in [0.4, 0.5) is 0 Å². The Morgan fingerprint density at radius 2 is 1.18 bits per heavy atom. The average molecular weight is 676 g/mol. The maximum atomic E-state index is 11.2. The van der Waals surface area contributed by atoms with Crippen molar-refractivity contribution in [3.8, 4) is 0 Å². The molecule has 2 saturated heterocycles. The Balaban J connectivity index is 0.00000140. The third kappa shape index (κ3) is 2.83. The minimum absolute atomic E-state index is 0.182. The van der Waals surface area contributed by atoms with Gasteiger partial charge in [0.25, 0.3) is 0 Å². The molecule has 0 amide bonds. The van der Waals surface area contributed by atoms with Crippen LogP contribution in [0.3, 0.4) is 0 Å². The average Bonchev–Trinajstić information content (AvgIpc) is 3.80. The van der Waals surface area contributed by atoms with Crippen molar-refractivity contribution in [1.82, 2.24) is 4.57 Å². The van der Waals surface area contributed by atoms with Crippen LogP contribution in [-0.4, -0.2) is 67.9 Å². The third-order valence-electron chi connectivity index (χ3n) is 14.1. The summed E-state index contributed by atoms with van der Waals surface area (Å²) < 4.78 is 15.1. The largest absolute Gasteiger partial charge is 0.394 e. The number of aliphatic hydroxyl groups is 4. The number of fused-ring (bicyclic) bond motifs is 3. The zero-order chi connectivity index (χ0) is 34.0. The Hall–Kier alpha value is -4.08. The van der Waals surface area contributed by atoms with Crippen molar-refractivity contribution in [1.29, 1.82) is 0 Å². The quantitative estimate of drug-likeness (QED) is 0.119. The highest BCUT2D eigenvalue weighted by Gasteiger charge is 2.66. The summed E-state index contributed by atoms with van der Waals surface area (Å²) in [6.07, 6.45) is 0.393. The van der Waals surface area contributed by atoms with Crippen LogP contribution >= 0.6 is 0 Å². The minimum atomic E-state index is -1.69. The molecule has 3 aliphatic heterocycles. The molecule has 7 heteroatoms. The molecule has 3 aliphatic carbocycles. The van der Waals surface area contributed by atoms with Crippen LogP contribution in [0.25, 0.3) is 86.4 Å². The predicted molar refractivity (Wildman–Crippen MR) is 200 cm³/mol. The number of hydrogen-bond acceptors (Lipinski definition) is 6. The summed E-state index contributed by atoms with van der Waals surface area (Å²) >= 11 is 0. The van der Waals surface area contributed by atoms with E-state index in [9.17, 15) is 20.4 Å². The normalized spacial score (nSPS) is 27.5. The molecule has 7 nitrogen and oxygen atoms in total. The van der Waals surface area contributed by atoms with E-state index >= 15 is 0 Å². The van der Waals surface area contributed by atoms with Crippen LogP contribution in [0.2, 0.25) is 0 Å². The SMILES string of the molecule is CC.OCC1OC2(OCCn3c4c5cc6c7c8c(cc9ccc%10cc%11c%12c%13c(cc(c3c%13c(c3c8c9c%10c%123)c74)CC5)C%11)C6)CCC1(O)C(O)C2O. The summed E-state index contributed by atoms with van der Waals surface area (Å²) in [5.74, 6) is -1.49. The lowest BCUT2D eigenvalue weighted by molar-refractivity contribution is -0.417. The van der Waals surface area contributed by atoms with E-state index in [1.54, 1.807) is 0 Å². The molecular formula is C44H37NO6. The number of aryl methyl sites for hydroxylation is 2. The first-order valence-electron chi connectivity index (χ1n) is 18.9. The molecule has 254 valence electrons. The van der Waals surface area contributed by atoms with Gasteiger partial charge in [0.1, 0.15) is 23.9 Å². The molecule has 9 aromatic rings. The lowest BCUT2D eigenvalue weighted by Crippen LogP contribution is -2.76. The first kappa shape index (κ1) is 28.5. The number of ether oxygens (including phenoxy) is 2. The monoisotopic (exact) mass is 675 g/mol. The standard InChI is InChI=1S/C42H31NO6.C2H6/c44-15-24-41(47)5-6-42(49-24,40(46)39(41)45)48-8-7-43-37-18-3-4-19-12-23-14-21-10-17-2-1-16-9-20-13-22(11-18)29-27(20)31-25(16)26(17)32-28(21)30(23)36(38(19)43)34(33(31)32)35(29)37;1-2/h1-2,9-12,24,39-40,44-47H,3-8,13-15H2;1-2H3. The lowest BCUT2D eigenvalue weighted by atomic mass is 9.70. The first-order chi connectivity index (χ1) is 24.9. The molecule has 15 rings (SSSR count). The second-order valence-corrected chi connectivity index (χ2v) is 16.0. The van der Waals surface area contributed by atoms with Crippen molar-refractivity contribution >= 4 is 86.4 Å². The van der Waals surface area contributed by atoms with Gasteiger partial charge in [-0.1, -0.05) is 50.2 Å². The number of benzene rings is 7. The van der Waals surface area contributed by atoms with Crippen LogP contribution in [0.1, 0.15) is 60.1 Å². The zero-order valence-electron chi connectivity index (χ0n) is 28.6. The van der Waals surface area contributed by atoms with Crippen molar-refractivity contribution in [3.63, 3.8) is 0 Å². The first-order valence-corrected chi connectivity index (χ1v) is 18.9. The molecule has 4 N–H and O–H groups in total. The molecule has 5 atom stereocenters. The van der Waals surface area contributed by atoms with Gasteiger partial charge < -0.3 is 34.5 Å². The molecule has 8 aromatic carbocycles. The van der Waals surface area contributed by atoms with E-state index in [1.807, 2.05) is 13.8 Å². The van der Waals surface area contributed by atoms with Crippen LogP contribution < -0.4 is 0 Å². The topological polar surface area (TPSA) is 104 Å². The summed E-state index contributed by atoms with van der Waals surface area (Å²) in [6.45, 7) is 4.32. The molecule has 1 aromatic heterocycles. The molecule has 5 unspecified atom stereocenters. The number of aliphatic hydroxyl groups excluding tert-OH is 3. The van der Waals surface area contributed by atoms with Gasteiger partial charge in [-0.15, -0.1) is 0 Å². The van der Waals surface area contributed by atoms with E-state index in [2.05, 4.69) is 41.0 Å². The Morgan fingerprint density at radius 3 is 1.75 bits per heavy atom. The predicted octanol–water partition coefficient (Wildman–Crippen LogP) is 6.75. The van der Waals surface area contributed by atoms with Gasteiger partial charge in [0.2, 0.25) is 0 Å². The highest BCUT2D eigenvalue weighted by atomic mass is 16.7. The lowest BCUT2D eigenvalue weighted by Gasteiger charge is -2.58. The maximum Gasteiger partial charge on any atom is 0.197 e. The number of rotatable bonds is 5. The fraction of sp³-hybridized carbons (Fsp3) is 0.364. The van der Waals surface area contributed by atoms with E-state index in [0.717, 1.165) is 25.7 Å². The van der Waals surface area contributed by atoms with Gasteiger partial charge in [-0.2, -0.15) is 0 Å². The second kappa shape index (κ2) is 8.75. The fourth-order valence-corrected chi connectivity index (χ4v) is 12.2. The molecule has 0 radical (unpaired) electrons. The van der Waals surface area contributed by atoms with Gasteiger partial charge in [0.15, 0.2) is 5.79 Å². The molecular weight excluding hydrogens is 638 g/mol. The van der Waals surface area contributed by atoms with Crippen molar-refractivity contribution < 1.29 is 29.9 Å². The van der Waals surface area contributed by atoms with Crippen molar-refractivity contribution in [2.24, 2.45) is 0 Å². The number of nitrogens with zero attached hydrogens (tertiary/aromatic N) is 1. The third-order valence-corrected chi connectivity index (χ3v) is 14.1. The van der Waals surface area contributed by atoms with Gasteiger partial charge in [-0.25, -0.2) is 0 Å². The highest BCUT2D eigenvalue weighted by molar-refractivity contribution is 6.55. The summed E-state index contributed by atoms with van der Waals surface area (Å²) in [6, 6.07) is 14.6. The minimum Gasteiger partial charge on any atom is -0.394 e. The van der Waals surface area contributed by atoms with Crippen molar-refractivity contribution in [2.75, 3.05) is 13.2 Å². The van der Waals surface area contributed by atoms with Gasteiger partial charge in [0, 0.05) is 34.5 Å². The Kier molecular flexibility index (Phi) is 4.89. The zero-order valence-corrected chi connectivity index (χ0v) is 28.6. The number of aromatic nitrogens is 1. The Morgan fingerprint density at radius 1 is 0.667 bits per heavy atom. The summed E-state index contributed by atoms with van der Waals surface area (Å²) in [7, 11) is 0. The van der Waals surface area contributed by atoms with Gasteiger partial charge in [-0.05, 0) is 119 Å². The molecule has 51 heavy (non-hydrogen) atoms. The highest BCUT2D eigenvalue weighted by Crippen LogP contribution is 2.61. The number of pyridine rings is 1. The van der Waals surface area contributed by atoms with Crippen molar-refractivity contribution in [3.05, 3.63) is 69.8 Å². The summed E-state index contributed by atoms with van der Waals surface area (Å²) in [5, 5.41) is 63.2. The molecule has 4 heterocycles. The van der Waals surface area contributed by atoms with E-state index < -0.39 is 36.3 Å². The van der Waals surface area contributed by atoms with Crippen LogP contribution in [0, 0.1) is 0 Å². The van der Waals surface area contributed by atoms with Gasteiger partial charge in [0.05, 0.1) is 24.2 Å². The maximum absolute atomic E-state index is 11.2. The van der Waals surface area contributed by atoms with E-state index in [1.165, 1.54) is 120 Å². The van der Waals surface area contributed by atoms with Crippen LogP contribution in [0.5, 0.6) is 0 Å². The Labute approximate surface area is 291 Å². The van der Waals surface area contributed by atoms with Crippen LogP contribution in [-0.2, 0) is 41.7 Å². The molecule has 4 bridgehead atoms. The summed E-state index contributed by atoms with van der Waals surface area (Å²) in [4.78, 5) is 0. The Bertz CT molecular complexity index is 2840. The molecule has 1 saturated carbocycles. The molecule has 6 aliphatic rings. The van der Waals surface area contributed by atoms with Gasteiger partial charge >= 0.3 is 0 Å². The van der Waals surface area contributed by atoms with Gasteiger partial charge in [-0.3, -0.25) is 0 Å². The molecule has 3 fully saturated rings. The fourth-order valence-electron chi connectivity index (χ4n) is 12.2. The van der Waals surface area contributed by atoms with Crippen LogP contribution in [0.15, 0.2) is 36.4 Å². The van der Waals surface area contributed by atoms with Crippen molar-refractivity contribution in [2.45, 2.75) is 88.6 Å². The smallest absolute Gasteiger partial charge is 0.197 e. The number of hydrogen-bond donors (Lipinski definition) is 4. The van der Waals surface area contributed by atoms with E-state index in [-0.39, 0.29) is 19.4 Å². The van der Waals surface area contributed by atoms with E-state index in [4.69, 9.17) is 9.47 Å². The summed E-state index contributed by atoms with van der Waals surface area (Å²) in [5.41, 5.74) is 9.46. The van der Waals surface area contributed by atoms with E-state index in [0.29, 0.717) is 6.54 Å². The molecule has 0 spiro atoms.